The van der Waals surface area contributed by atoms with Crippen molar-refractivity contribution in [1.29, 1.82) is 0 Å². The highest BCUT2D eigenvalue weighted by molar-refractivity contribution is 7.86. The number of hydrogen-bond acceptors (Lipinski definition) is 8. The van der Waals surface area contributed by atoms with Crippen molar-refractivity contribution < 1.29 is 27.1 Å². The number of benzene rings is 1. The molecule has 9 nitrogen and oxygen atoms in total. The van der Waals surface area contributed by atoms with Crippen molar-refractivity contribution in [2.75, 3.05) is 7.05 Å². The minimum absolute atomic E-state index is 0.0789. The van der Waals surface area contributed by atoms with Gasteiger partial charge in [-0.1, -0.05) is 0 Å². The van der Waals surface area contributed by atoms with Gasteiger partial charge < -0.3 is 4.74 Å². The van der Waals surface area contributed by atoms with Crippen molar-refractivity contribution in [2.24, 2.45) is 0 Å². The molecule has 2 aliphatic rings. The van der Waals surface area contributed by atoms with E-state index in [9.17, 15) is 23.3 Å². The average molecular weight is 384 g/mol. The third kappa shape index (κ3) is 3.71. The number of ether oxygens (including phenoxy) is 1. The first-order valence-corrected chi connectivity index (χ1v) is 9.65. The number of fused-ring (bicyclic) bond motifs is 2. The normalized spacial score (nSPS) is 28.7. The van der Waals surface area contributed by atoms with E-state index in [2.05, 4.69) is 4.90 Å². The summed E-state index contributed by atoms with van der Waals surface area (Å²) in [6.07, 6.45) is 0.798. The first-order chi connectivity index (χ1) is 12.2. The van der Waals surface area contributed by atoms with Gasteiger partial charge in [-0.3, -0.25) is 24.0 Å². The fourth-order valence-electron chi connectivity index (χ4n) is 3.76. The average Bonchev–Trinajstić information content (AvgIpc) is 2.73. The Morgan fingerprint density at radius 3 is 2.46 bits per heavy atom. The van der Waals surface area contributed by atoms with Crippen LogP contribution in [0.5, 0.6) is 0 Å². The van der Waals surface area contributed by atoms with Gasteiger partial charge in [-0.2, -0.15) is 8.42 Å². The second-order valence-electron chi connectivity index (χ2n) is 6.66. The highest BCUT2D eigenvalue weighted by atomic mass is 32.2. The highest BCUT2D eigenvalue weighted by Crippen LogP contribution is 2.38. The van der Waals surface area contributed by atoms with Crippen molar-refractivity contribution in [3.63, 3.8) is 0 Å². The molecule has 0 radical (unpaired) electrons. The lowest BCUT2D eigenvalue weighted by molar-refractivity contribution is -0.384. The van der Waals surface area contributed by atoms with Gasteiger partial charge in [-0.05, 0) is 32.0 Å². The first kappa shape index (κ1) is 18.7. The molecule has 2 aliphatic heterocycles. The fourth-order valence-corrected chi connectivity index (χ4v) is 4.86. The van der Waals surface area contributed by atoms with Crippen molar-refractivity contribution in [3.8, 4) is 0 Å². The predicted octanol–water partition coefficient (Wildman–Crippen LogP) is 1.47. The molecule has 4 atom stereocenters. The number of non-ortho nitro benzene ring substituents is 1. The van der Waals surface area contributed by atoms with Crippen LogP contribution in [0.15, 0.2) is 29.2 Å². The molecule has 3 rings (SSSR count). The van der Waals surface area contributed by atoms with Crippen LogP contribution in [-0.2, 0) is 23.8 Å². The first-order valence-electron chi connectivity index (χ1n) is 8.24. The molecule has 10 heteroatoms. The third-order valence-corrected chi connectivity index (χ3v) is 6.36. The number of nitro benzene ring substituents is 1. The van der Waals surface area contributed by atoms with E-state index < -0.39 is 21.1 Å². The summed E-state index contributed by atoms with van der Waals surface area (Å²) < 4.78 is 35.7. The molecule has 1 aromatic rings. The molecule has 0 amide bonds. The summed E-state index contributed by atoms with van der Waals surface area (Å²) in [7, 11) is -2.10. The van der Waals surface area contributed by atoms with Gasteiger partial charge in [-0.25, -0.2) is 0 Å². The molecule has 0 N–H and O–H groups in total. The number of nitrogens with zero attached hydrogens (tertiary/aromatic N) is 2. The molecule has 2 bridgehead atoms. The second kappa shape index (κ2) is 6.93. The maximum absolute atomic E-state index is 12.5. The van der Waals surface area contributed by atoms with E-state index in [1.165, 1.54) is 19.1 Å². The molecular weight excluding hydrogens is 364 g/mol. The molecule has 1 aromatic carbocycles. The van der Waals surface area contributed by atoms with E-state index in [0.717, 1.165) is 12.1 Å². The monoisotopic (exact) mass is 384 g/mol. The molecule has 2 heterocycles. The van der Waals surface area contributed by atoms with E-state index in [4.69, 9.17) is 8.92 Å². The van der Waals surface area contributed by atoms with Gasteiger partial charge in [0, 0.05) is 37.6 Å². The Morgan fingerprint density at radius 1 is 1.23 bits per heavy atom. The molecule has 0 aromatic heterocycles. The topological polar surface area (TPSA) is 116 Å². The molecule has 0 saturated carbocycles. The van der Waals surface area contributed by atoms with Gasteiger partial charge >= 0.3 is 5.97 Å². The standard InChI is InChI=1S/C16H20N2O7S/c1-10(19)24-16-8-12-7-13(9-15(16)17(12)2)25-26(22,23)14-5-3-11(4-6-14)18(20)21/h3-6,12-13,15-16H,7-9H2,1-2H3/t12?,13-,15?,16+/m0/s1. The molecule has 26 heavy (non-hydrogen) atoms. The number of carbonyl (C=O) groups is 1. The summed E-state index contributed by atoms with van der Waals surface area (Å²) in [5.41, 5.74) is -0.189. The SMILES string of the molecule is CC(=O)O[C@@H]1CC2C[C@H](OS(=O)(=O)c3ccc([N+](=O)[O-])cc3)CC1N2C. The van der Waals surface area contributed by atoms with Crippen LogP contribution < -0.4 is 0 Å². The number of piperidine rings is 1. The zero-order chi connectivity index (χ0) is 19.1. The van der Waals surface area contributed by atoms with Crippen LogP contribution in [0.2, 0.25) is 0 Å². The molecule has 2 saturated heterocycles. The number of esters is 1. The summed E-state index contributed by atoms with van der Waals surface area (Å²) in [6, 6.07) is 4.58. The Balaban J connectivity index is 1.71. The van der Waals surface area contributed by atoms with E-state index in [1.54, 1.807) is 0 Å². The van der Waals surface area contributed by atoms with E-state index in [-0.39, 0.29) is 34.7 Å². The van der Waals surface area contributed by atoms with E-state index >= 15 is 0 Å². The Hall–Kier alpha value is -2.04. The molecule has 0 spiro atoms. The van der Waals surface area contributed by atoms with Gasteiger partial charge in [0.05, 0.1) is 15.9 Å². The minimum atomic E-state index is -4.03. The van der Waals surface area contributed by atoms with Gasteiger partial charge in [-0.15, -0.1) is 0 Å². The number of rotatable bonds is 5. The van der Waals surface area contributed by atoms with Crippen molar-refractivity contribution >= 4 is 21.8 Å². The van der Waals surface area contributed by atoms with Gasteiger partial charge in [0.25, 0.3) is 15.8 Å². The smallest absolute Gasteiger partial charge is 0.302 e. The molecular formula is C16H20N2O7S. The summed E-state index contributed by atoms with van der Waals surface area (Å²) >= 11 is 0. The third-order valence-electron chi connectivity index (χ3n) is 4.99. The minimum Gasteiger partial charge on any atom is -0.461 e. The molecule has 2 fully saturated rings. The van der Waals surface area contributed by atoms with Crippen LogP contribution in [0.25, 0.3) is 0 Å². The molecule has 0 aliphatic carbocycles. The van der Waals surface area contributed by atoms with Crippen molar-refractivity contribution in [2.45, 2.75) is 55.4 Å². The second-order valence-corrected chi connectivity index (χ2v) is 8.24. The quantitative estimate of drug-likeness (QED) is 0.324. The predicted molar refractivity (Wildman–Crippen MR) is 89.9 cm³/mol. The van der Waals surface area contributed by atoms with Crippen LogP contribution in [0.1, 0.15) is 26.2 Å². The number of likely N-dealkylation sites (N-methyl/N-ethyl adjacent to an activating group) is 1. The van der Waals surface area contributed by atoms with Gasteiger partial charge in [0.1, 0.15) is 6.10 Å². The van der Waals surface area contributed by atoms with Crippen molar-refractivity contribution in [1.82, 2.24) is 4.90 Å². The Bertz CT molecular complexity index is 808. The molecule has 2 unspecified atom stereocenters. The Kier molecular flexibility index (Phi) is 5.00. The van der Waals surface area contributed by atoms with E-state index in [0.29, 0.717) is 19.3 Å². The van der Waals surface area contributed by atoms with Crippen LogP contribution in [0.3, 0.4) is 0 Å². The van der Waals surface area contributed by atoms with Crippen LogP contribution in [0, 0.1) is 10.1 Å². The van der Waals surface area contributed by atoms with Gasteiger partial charge in [0.2, 0.25) is 0 Å². The highest BCUT2D eigenvalue weighted by Gasteiger charge is 2.47. The number of hydrogen-bond donors (Lipinski definition) is 0. The maximum Gasteiger partial charge on any atom is 0.302 e. The lowest BCUT2D eigenvalue weighted by Gasteiger charge is -2.36. The van der Waals surface area contributed by atoms with Crippen LogP contribution >= 0.6 is 0 Å². The maximum atomic E-state index is 12.5. The number of carbonyl (C=O) groups excluding carboxylic acids is 1. The van der Waals surface area contributed by atoms with Gasteiger partial charge in [0.15, 0.2) is 0 Å². The lowest BCUT2D eigenvalue weighted by atomic mass is 10.0. The molecule has 142 valence electrons. The Labute approximate surface area is 151 Å². The summed E-state index contributed by atoms with van der Waals surface area (Å²) in [5, 5.41) is 10.7. The zero-order valence-electron chi connectivity index (χ0n) is 14.4. The lowest BCUT2D eigenvalue weighted by Crippen LogP contribution is -2.46. The largest absolute Gasteiger partial charge is 0.461 e. The van der Waals surface area contributed by atoms with Crippen LogP contribution in [0.4, 0.5) is 5.69 Å². The van der Waals surface area contributed by atoms with Crippen molar-refractivity contribution in [3.05, 3.63) is 34.4 Å². The number of nitro groups is 1. The summed E-state index contributed by atoms with van der Waals surface area (Å²) in [5.74, 6) is -0.355. The Morgan fingerprint density at radius 2 is 1.88 bits per heavy atom. The summed E-state index contributed by atoms with van der Waals surface area (Å²) in [4.78, 5) is 23.3. The van der Waals surface area contributed by atoms with Crippen LogP contribution in [-0.4, -0.2) is 55.5 Å². The van der Waals surface area contributed by atoms with E-state index in [1.807, 2.05) is 7.05 Å². The zero-order valence-corrected chi connectivity index (χ0v) is 15.2. The fraction of sp³-hybridized carbons (Fsp3) is 0.562. The summed E-state index contributed by atoms with van der Waals surface area (Å²) in [6.45, 7) is 1.36.